The Morgan fingerprint density at radius 2 is 1.16 bits per heavy atom. The van der Waals surface area contributed by atoms with E-state index in [1.165, 1.54) is 39.2 Å². The molecule has 0 aromatic heterocycles. The highest BCUT2D eigenvalue weighted by atomic mass is 31.2. The van der Waals surface area contributed by atoms with Crippen molar-refractivity contribution in [3.8, 4) is 0 Å². The van der Waals surface area contributed by atoms with E-state index in [1.54, 1.807) is 0 Å². The first-order valence-electron chi connectivity index (χ1n) is 7.28. The molecule has 0 aliphatic rings. The largest absolute Gasteiger partial charge is 0.569 e. The smallest absolute Gasteiger partial charge is 0.396 e. The van der Waals surface area contributed by atoms with Crippen LogP contribution in [0.3, 0.4) is 0 Å². The van der Waals surface area contributed by atoms with Crippen molar-refractivity contribution >= 4 is 8.17 Å². The second-order valence-corrected chi connectivity index (χ2v) is 6.37. The summed E-state index contributed by atoms with van der Waals surface area (Å²) < 4.78 is 9.26. The van der Waals surface area contributed by atoms with Gasteiger partial charge in [0.25, 0.3) is 0 Å². The number of hydrogen-bond acceptors (Lipinski definition) is 5. The first kappa shape index (κ1) is 19.2. The van der Waals surface area contributed by atoms with Gasteiger partial charge < -0.3 is 5.11 Å². The summed E-state index contributed by atoms with van der Waals surface area (Å²) in [7, 11) is -2.29. The summed E-state index contributed by atoms with van der Waals surface area (Å²) >= 11 is 0. The van der Waals surface area contributed by atoms with Crippen molar-refractivity contribution in [1.29, 1.82) is 0 Å². The molecule has 6 heteroatoms. The van der Waals surface area contributed by atoms with E-state index in [0.717, 1.165) is 32.1 Å². The van der Waals surface area contributed by atoms with Gasteiger partial charge >= 0.3 is 8.17 Å². The lowest BCUT2D eigenvalue weighted by Crippen LogP contribution is -2.00. The first-order chi connectivity index (χ1) is 9.12. The molecule has 0 saturated carbocycles. The van der Waals surface area contributed by atoms with Crippen LogP contribution in [0.2, 0.25) is 0 Å². The minimum absolute atomic E-state index is 0.316. The molecule has 0 aromatic rings. The zero-order valence-corrected chi connectivity index (χ0v) is 13.0. The van der Waals surface area contributed by atoms with Crippen LogP contribution in [0.5, 0.6) is 0 Å². The fraction of sp³-hybridized carbons (Fsp3) is 1.00. The van der Waals surface area contributed by atoms with Crippen LogP contribution in [0.4, 0.5) is 0 Å². The molecule has 0 spiro atoms. The van der Waals surface area contributed by atoms with Gasteiger partial charge in [-0.2, -0.15) is 18.8 Å². The first-order valence-corrected chi connectivity index (χ1v) is 8.81. The van der Waals surface area contributed by atoms with Crippen molar-refractivity contribution in [1.82, 2.24) is 0 Å². The predicted molar refractivity (Wildman–Crippen MR) is 77.6 cm³/mol. The molecule has 0 rings (SSSR count). The molecule has 0 radical (unpaired) electrons. The van der Waals surface area contributed by atoms with Gasteiger partial charge in [-0.3, -0.25) is 0 Å². The Morgan fingerprint density at radius 3 is 1.58 bits per heavy atom. The maximum Gasteiger partial charge on any atom is 0.569 e. The number of unbranched alkanes of at least 4 members (excludes halogenated alkanes) is 9. The van der Waals surface area contributed by atoms with Gasteiger partial charge in [0.05, 0.1) is 7.11 Å². The van der Waals surface area contributed by atoms with Gasteiger partial charge in [0, 0.05) is 6.61 Å². The van der Waals surface area contributed by atoms with Gasteiger partial charge in [0.1, 0.15) is 6.61 Å². The maximum atomic E-state index is 9.09. The summed E-state index contributed by atoms with van der Waals surface area (Å²) in [6.07, 6.45) is 11.4. The molecule has 0 saturated heterocycles. The topological polar surface area (TPSA) is 79.2 Å². The molecule has 0 heterocycles. The zero-order chi connectivity index (χ0) is 14.4. The number of hydrogen-bond donors (Lipinski definition) is 3. The Hall–Kier alpha value is 0.230. The van der Waals surface area contributed by atoms with Crippen LogP contribution < -0.4 is 0 Å². The average molecular weight is 297 g/mol. The Bertz CT molecular complexity index is 190. The summed E-state index contributed by atoms with van der Waals surface area (Å²) in [6.45, 7) is 0.659. The summed E-state index contributed by atoms with van der Waals surface area (Å²) in [4.78, 5) is 18.2. The quantitative estimate of drug-likeness (QED) is 0.339. The molecule has 0 aliphatic carbocycles. The monoisotopic (exact) mass is 297 g/mol. The Balaban J connectivity index is 3.07. The summed E-state index contributed by atoms with van der Waals surface area (Å²) in [5.41, 5.74) is 0. The predicted octanol–water partition coefficient (Wildman–Crippen LogP) is 3.20. The Morgan fingerprint density at radius 1 is 0.737 bits per heavy atom. The molecule has 0 aromatic carbocycles. The summed E-state index contributed by atoms with van der Waals surface area (Å²) in [6, 6.07) is 0. The lowest BCUT2D eigenvalue weighted by molar-refractivity contribution is 0.135. The zero-order valence-electron chi connectivity index (χ0n) is 12.1. The molecule has 0 fully saturated rings. The molecule has 3 N–H and O–H groups in total. The van der Waals surface area contributed by atoms with Gasteiger partial charge in [0.2, 0.25) is 0 Å². The van der Waals surface area contributed by atoms with Gasteiger partial charge in [-0.25, -0.2) is 0 Å². The normalized spacial score (nSPS) is 12.0. The number of rotatable bonds is 14. The molecule has 0 amide bonds. The Kier molecular flexibility index (Phi) is 13.4. The van der Waals surface area contributed by atoms with E-state index in [1.807, 2.05) is 0 Å². The number of aliphatic hydroxyl groups excluding tert-OH is 1. The molecule has 5 nitrogen and oxygen atoms in total. The lowest BCUT2D eigenvalue weighted by Gasteiger charge is -2.06. The third kappa shape index (κ3) is 14.4. The van der Waals surface area contributed by atoms with E-state index in [0.29, 0.717) is 13.2 Å². The molecular formula is C13H30O5P+. The fourth-order valence-corrected chi connectivity index (χ4v) is 2.34. The number of aliphatic hydroxyl groups is 1. The van der Waals surface area contributed by atoms with Crippen molar-refractivity contribution in [2.45, 2.75) is 64.2 Å². The van der Waals surface area contributed by atoms with E-state index in [4.69, 9.17) is 19.4 Å². The summed E-state index contributed by atoms with van der Waals surface area (Å²) in [5, 5.41) is 8.63. The molecule has 0 aliphatic heterocycles. The van der Waals surface area contributed by atoms with E-state index >= 15 is 0 Å². The Labute approximate surface area is 117 Å². The van der Waals surface area contributed by atoms with Crippen molar-refractivity contribution in [2.24, 2.45) is 0 Å². The second-order valence-electron chi connectivity index (χ2n) is 4.77. The van der Waals surface area contributed by atoms with Gasteiger partial charge in [-0.1, -0.05) is 51.4 Å². The highest BCUT2D eigenvalue weighted by Crippen LogP contribution is 2.51. The molecule has 0 atom stereocenters. The highest BCUT2D eigenvalue weighted by molar-refractivity contribution is 7.54. The third-order valence-electron chi connectivity index (χ3n) is 3.05. The lowest BCUT2D eigenvalue weighted by atomic mass is 10.1. The standard InChI is InChI=1S/C13H30O5P/c1-17-19(15,16)18-13-11-9-7-5-3-2-4-6-8-10-12-14/h14-16H,2-13H2,1H3/q+1. The van der Waals surface area contributed by atoms with Crippen LogP contribution in [0.25, 0.3) is 0 Å². The fourth-order valence-electron chi connectivity index (χ4n) is 1.86. The molecular weight excluding hydrogens is 267 g/mol. The second kappa shape index (κ2) is 13.2. The average Bonchev–Trinajstić information content (AvgIpc) is 2.40. The SMILES string of the molecule is CO[P+](O)(O)OCCCCCCCCCCCCO. The van der Waals surface area contributed by atoms with Crippen LogP contribution in [-0.4, -0.2) is 35.2 Å². The maximum absolute atomic E-state index is 9.09. The van der Waals surface area contributed by atoms with Crippen molar-refractivity contribution in [2.75, 3.05) is 20.3 Å². The van der Waals surface area contributed by atoms with Crippen LogP contribution in [0.1, 0.15) is 64.2 Å². The van der Waals surface area contributed by atoms with Crippen molar-refractivity contribution in [3.63, 3.8) is 0 Å². The minimum Gasteiger partial charge on any atom is -0.396 e. The molecule has 0 bridgehead atoms. The van der Waals surface area contributed by atoms with Crippen LogP contribution in [0.15, 0.2) is 0 Å². The summed E-state index contributed by atoms with van der Waals surface area (Å²) in [5.74, 6) is 0. The van der Waals surface area contributed by atoms with Crippen LogP contribution in [0, 0.1) is 0 Å². The third-order valence-corrected chi connectivity index (χ3v) is 4.04. The van der Waals surface area contributed by atoms with E-state index in [9.17, 15) is 0 Å². The van der Waals surface area contributed by atoms with E-state index in [2.05, 4.69) is 4.52 Å². The van der Waals surface area contributed by atoms with E-state index < -0.39 is 8.17 Å². The highest BCUT2D eigenvalue weighted by Gasteiger charge is 2.36. The van der Waals surface area contributed by atoms with Crippen LogP contribution in [-0.2, 0) is 9.05 Å². The van der Waals surface area contributed by atoms with E-state index in [-0.39, 0.29) is 0 Å². The molecule has 0 unspecified atom stereocenters. The molecule has 116 valence electrons. The van der Waals surface area contributed by atoms with Crippen LogP contribution >= 0.6 is 8.17 Å². The minimum atomic E-state index is -3.52. The van der Waals surface area contributed by atoms with Crippen molar-refractivity contribution < 1.29 is 23.9 Å². The van der Waals surface area contributed by atoms with Gasteiger partial charge in [-0.05, 0) is 12.8 Å². The molecule has 19 heavy (non-hydrogen) atoms. The van der Waals surface area contributed by atoms with Gasteiger partial charge in [-0.15, -0.1) is 0 Å². The van der Waals surface area contributed by atoms with Gasteiger partial charge in [0.15, 0.2) is 0 Å². The van der Waals surface area contributed by atoms with Crippen molar-refractivity contribution in [3.05, 3.63) is 0 Å².